The maximum Gasteiger partial charge on any atom is 0.320 e. The van der Waals surface area contributed by atoms with Crippen molar-refractivity contribution < 1.29 is 23.1 Å². The first-order valence-corrected chi connectivity index (χ1v) is 6.34. The molecule has 0 aromatic carbocycles. The fourth-order valence-corrected chi connectivity index (χ4v) is 2.32. The maximum atomic E-state index is 11.5. The van der Waals surface area contributed by atoms with Crippen LogP contribution in [0, 0.1) is 0 Å². The molecule has 0 heterocycles. The van der Waals surface area contributed by atoms with Crippen LogP contribution in [-0.2, 0) is 19.6 Å². The molecule has 0 rings (SSSR count). The molecule has 0 aromatic rings. The number of carbonyl (C=O) groups excluding carboxylic acids is 1. The van der Waals surface area contributed by atoms with Gasteiger partial charge in [-0.25, -0.2) is 8.42 Å². The normalized spacial score (nSPS) is 11.4. The maximum absolute atomic E-state index is 11.5. The van der Waals surface area contributed by atoms with Crippen molar-refractivity contribution in [3.05, 3.63) is 0 Å². The van der Waals surface area contributed by atoms with Crippen LogP contribution in [0.25, 0.3) is 0 Å². The van der Waals surface area contributed by atoms with Crippen LogP contribution in [-0.4, -0.2) is 55.6 Å². The van der Waals surface area contributed by atoms with Gasteiger partial charge in [-0.2, -0.15) is 4.31 Å². The van der Waals surface area contributed by atoms with Crippen LogP contribution in [0.1, 0.15) is 13.3 Å². The predicted molar refractivity (Wildman–Crippen MR) is 57.4 cm³/mol. The molecule has 0 aliphatic heterocycles. The van der Waals surface area contributed by atoms with Gasteiger partial charge in [0.25, 0.3) is 0 Å². The number of hydrogen-bond acceptors (Lipinski definition) is 4. The van der Waals surface area contributed by atoms with Crippen LogP contribution in [0.4, 0.5) is 0 Å². The van der Waals surface area contributed by atoms with E-state index in [9.17, 15) is 18.0 Å². The average molecular weight is 252 g/mol. The molecule has 0 fully saturated rings. The Bertz CT molecular complexity index is 351. The Labute approximate surface area is 94.5 Å². The molecule has 0 aromatic heterocycles. The lowest BCUT2D eigenvalue weighted by molar-refractivity contribution is -0.134. The number of amides is 1. The summed E-state index contributed by atoms with van der Waals surface area (Å²) in [5, 5.41) is 10.7. The van der Waals surface area contributed by atoms with Crippen molar-refractivity contribution in [1.29, 1.82) is 0 Å². The van der Waals surface area contributed by atoms with Crippen molar-refractivity contribution in [3.8, 4) is 0 Å². The number of carboxylic acids is 1. The van der Waals surface area contributed by atoms with Crippen LogP contribution in [0.3, 0.4) is 0 Å². The van der Waals surface area contributed by atoms with E-state index < -0.39 is 27.7 Å². The van der Waals surface area contributed by atoms with Crippen molar-refractivity contribution >= 4 is 21.9 Å². The number of carbonyl (C=O) groups is 2. The van der Waals surface area contributed by atoms with Crippen LogP contribution in [0.5, 0.6) is 0 Å². The molecule has 0 bridgehead atoms. The number of sulfonamides is 1. The van der Waals surface area contributed by atoms with Gasteiger partial charge in [0.05, 0.1) is 6.54 Å². The molecule has 0 aliphatic rings. The van der Waals surface area contributed by atoms with E-state index in [1.54, 1.807) is 6.92 Å². The van der Waals surface area contributed by atoms with Gasteiger partial charge in [0.1, 0.15) is 0 Å². The van der Waals surface area contributed by atoms with Crippen LogP contribution < -0.4 is 5.32 Å². The Kier molecular flexibility index (Phi) is 5.97. The molecule has 16 heavy (non-hydrogen) atoms. The molecule has 94 valence electrons. The first kappa shape index (κ1) is 14.8. The van der Waals surface area contributed by atoms with Crippen molar-refractivity contribution in [2.75, 3.05) is 25.9 Å². The highest BCUT2D eigenvalue weighted by Crippen LogP contribution is 2.02. The number of hydrogen-bond donors (Lipinski definition) is 2. The molecule has 0 atom stereocenters. The van der Waals surface area contributed by atoms with Gasteiger partial charge < -0.3 is 10.4 Å². The third-order valence-corrected chi connectivity index (χ3v) is 3.48. The number of nitrogens with one attached hydrogen (secondary N) is 1. The summed E-state index contributed by atoms with van der Waals surface area (Å²) in [5.41, 5.74) is 0. The smallest absolute Gasteiger partial charge is 0.320 e. The van der Waals surface area contributed by atoms with E-state index in [1.165, 1.54) is 7.05 Å². The van der Waals surface area contributed by atoms with E-state index in [2.05, 4.69) is 5.32 Å². The second-order valence-electron chi connectivity index (χ2n) is 3.16. The molecule has 2 N–H and O–H groups in total. The van der Waals surface area contributed by atoms with Crippen molar-refractivity contribution in [1.82, 2.24) is 9.62 Å². The van der Waals surface area contributed by atoms with Gasteiger partial charge in [-0.3, -0.25) is 9.59 Å². The number of likely N-dealkylation sites (N-methyl/N-ethyl adjacent to an activating group) is 1. The summed E-state index contributed by atoms with van der Waals surface area (Å²) in [7, 11) is -2.53. The second-order valence-corrected chi connectivity index (χ2v) is 5.13. The molecule has 0 spiro atoms. The minimum Gasteiger partial charge on any atom is -0.480 e. The molecule has 0 saturated carbocycles. The van der Waals surface area contributed by atoms with E-state index in [1.807, 2.05) is 0 Å². The standard InChI is InChI=1S/C8H16N2O5S/c1-3-4-10(5-7(11)9-2)16(14,15)6-8(12)13/h3-6H2,1-2H3,(H,9,11)(H,12,13). The van der Waals surface area contributed by atoms with E-state index >= 15 is 0 Å². The third kappa shape index (κ3) is 5.08. The third-order valence-electron chi connectivity index (χ3n) is 1.77. The lowest BCUT2D eigenvalue weighted by atomic mass is 10.4. The SMILES string of the molecule is CCCN(CC(=O)NC)S(=O)(=O)CC(=O)O. The van der Waals surface area contributed by atoms with Gasteiger partial charge in [-0.1, -0.05) is 6.92 Å². The largest absolute Gasteiger partial charge is 0.480 e. The van der Waals surface area contributed by atoms with E-state index in [-0.39, 0.29) is 13.1 Å². The van der Waals surface area contributed by atoms with Gasteiger partial charge in [-0.05, 0) is 6.42 Å². The molecule has 0 saturated heterocycles. The van der Waals surface area contributed by atoms with Gasteiger partial charge in [0.15, 0.2) is 5.75 Å². The van der Waals surface area contributed by atoms with Gasteiger partial charge in [0.2, 0.25) is 15.9 Å². The van der Waals surface area contributed by atoms with E-state index in [4.69, 9.17) is 5.11 Å². The fourth-order valence-electron chi connectivity index (χ4n) is 1.05. The summed E-state index contributed by atoms with van der Waals surface area (Å²) < 4.78 is 24.0. The molecule has 7 nitrogen and oxygen atoms in total. The number of rotatable bonds is 7. The minimum atomic E-state index is -3.92. The summed E-state index contributed by atoms with van der Waals surface area (Å²) >= 11 is 0. The lowest BCUT2D eigenvalue weighted by Crippen LogP contribution is -2.42. The minimum absolute atomic E-state index is 0.128. The first-order chi connectivity index (χ1) is 7.33. The second kappa shape index (κ2) is 6.44. The Hall–Kier alpha value is -1.15. The zero-order valence-corrected chi connectivity index (χ0v) is 10.1. The molecule has 0 unspecified atom stereocenters. The lowest BCUT2D eigenvalue weighted by Gasteiger charge is -2.19. The molecule has 0 radical (unpaired) electrons. The van der Waals surface area contributed by atoms with Crippen molar-refractivity contribution in [2.24, 2.45) is 0 Å². The highest BCUT2D eigenvalue weighted by molar-refractivity contribution is 7.89. The Morgan fingerprint density at radius 3 is 2.31 bits per heavy atom. The van der Waals surface area contributed by atoms with Gasteiger partial charge in [0, 0.05) is 13.6 Å². The van der Waals surface area contributed by atoms with Crippen LogP contribution >= 0.6 is 0 Å². The molecule has 0 aliphatic carbocycles. The van der Waals surface area contributed by atoms with Gasteiger partial charge in [-0.15, -0.1) is 0 Å². The highest BCUT2D eigenvalue weighted by Gasteiger charge is 2.26. The fraction of sp³-hybridized carbons (Fsp3) is 0.750. The van der Waals surface area contributed by atoms with Crippen molar-refractivity contribution in [2.45, 2.75) is 13.3 Å². The predicted octanol–water partition coefficient (Wildman–Crippen LogP) is -1.14. The average Bonchev–Trinajstić information content (AvgIpc) is 2.14. The number of carboxylic acid groups (broad SMARTS) is 1. The van der Waals surface area contributed by atoms with E-state index in [0.717, 1.165) is 4.31 Å². The monoisotopic (exact) mass is 252 g/mol. The summed E-state index contributed by atoms with van der Waals surface area (Å²) in [4.78, 5) is 21.4. The molecule has 1 amide bonds. The molecular weight excluding hydrogens is 236 g/mol. The summed E-state index contributed by atoms with van der Waals surface area (Å²) in [6.07, 6.45) is 0.510. The highest BCUT2D eigenvalue weighted by atomic mass is 32.2. The summed E-state index contributed by atoms with van der Waals surface area (Å²) in [5.74, 6) is -2.90. The molecular formula is C8H16N2O5S. The Morgan fingerprint density at radius 2 is 1.94 bits per heavy atom. The summed E-state index contributed by atoms with van der Waals surface area (Å²) in [6.45, 7) is 1.52. The van der Waals surface area contributed by atoms with E-state index in [0.29, 0.717) is 6.42 Å². The molecule has 8 heteroatoms. The Morgan fingerprint density at radius 1 is 1.38 bits per heavy atom. The van der Waals surface area contributed by atoms with Crippen LogP contribution in [0.15, 0.2) is 0 Å². The number of nitrogens with zero attached hydrogens (tertiary/aromatic N) is 1. The zero-order valence-electron chi connectivity index (χ0n) is 9.26. The zero-order chi connectivity index (χ0) is 12.8. The topological polar surface area (TPSA) is 104 Å². The number of aliphatic carboxylic acids is 1. The Balaban J connectivity index is 4.75. The van der Waals surface area contributed by atoms with Crippen molar-refractivity contribution in [3.63, 3.8) is 0 Å². The first-order valence-electron chi connectivity index (χ1n) is 4.73. The van der Waals surface area contributed by atoms with Crippen LogP contribution in [0.2, 0.25) is 0 Å². The van der Waals surface area contributed by atoms with Gasteiger partial charge >= 0.3 is 5.97 Å². The summed E-state index contributed by atoms with van der Waals surface area (Å²) in [6, 6.07) is 0. The quantitative estimate of drug-likeness (QED) is 0.596.